The Hall–Kier alpha value is -1.97. The van der Waals surface area contributed by atoms with Crippen molar-refractivity contribution in [1.82, 2.24) is 9.78 Å². The molecule has 3 aromatic rings. The van der Waals surface area contributed by atoms with Crippen LogP contribution in [0.2, 0.25) is 10.0 Å². The summed E-state index contributed by atoms with van der Waals surface area (Å²) in [6, 6.07) is 15.2. The number of aryl methyl sites for hydroxylation is 1. The zero-order valence-corrected chi connectivity index (χ0v) is 12.9. The molecule has 0 aliphatic heterocycles. The van der Waals surface area contributed by atoms with Crippen LogP contribution in [0, 0.1) is 6.92 Å². The van der Waals surface area contributed by atoms with E-state index in [4.69, 9.17) is 28.9 Å². The van der Waals surface area contributed by atoms with E-state index in [-0.39, 0.29) is 0 Å². The summed E-state index contributed by atoms with van der Waals surface area (Å²) >= 11 is 12.2. The topological polar surface area (TPSA) is 43.8 Å². The van der Waals surface area contributed by atoms with Gasteiger partial charge < -0.3 is 5.73 Å². The van der Waals surface area contributed by atoms with Crippen LogP contribution in [-0.2, 0) is 0 Å². The maximum atomic E-state index is 6.28. The number of rotatable bonds is 2. The van der Waals surface area contributed by atoms with E-state index in [1.54, 1.807) is 16.8 Å². The van der Waals surface area contributed by atoms with E-state index >= 15 is 0 Å². The van der Waals surface area contributed by atoms with Crippen molar-refractivity contribution in [3.8, 4) is 16.8 Å². The van der Waals surface area contributed by atoms with Gasteiger partial charge in [0.2, 0.25) is 0 Å². The molecule has 0 unspecified atom stereocenters. The number of nitrogens with two attached hydrogens (primary N) is 1. The molecule has 1 aromatic heterocycles. The van der Waals surface area contributed by atoms with Crippen molar-refractivity contribution in [2.45, 2.75) is 6.92 Å². The monoisotopic (exact) mass is 317 g/mol. The van der Waals surface area contributed by atoms with E-state index in [1.165, 1.54) is 0 Å². The number of nitrogens with zero attached hydrogens (tertiary/aromatic N) is 2. The first-order chi connectivity index (χ1) is 10.1. The van der Waals surface area contributed by atoms with Crippen LogP contribution in [0.15, 0.2) is 48.5 Å². The molecule has 0 bridgehead atoms. The Morgan fingerprint density at radius 3 is 2.43 bits per heavy atom. The summed E-state index contributed by atoms with van der Waals surface area (Å²) in [4.78, 5) is 0. The van der Waals surface area contributed by atoms with Gasteiger partial charge in [-0.3, -0.25) is 0 Å². The highest BCUT2D eigenvalue weighted by Crippen LogP contribution is 2.33. The van der Waals surface area contributed by atoms with Crippen LogP contribution in [0.25, 0.3) is 16.8 Å². The van der Waals surface area contributed by atoms with Crippen molar-refractivity contribution in [2.24, 2.45) is 0 Å². The van der Waals surface area contributed by atoms with Gasteiger partial charge in [0.1, 0.15) is 5.82 Å². The molecular weight excluding hydrogens is 305 g/mol. The molecule has 1 heterocycles. The van der Waals surface area contributed by atoms with Crippen LogP contribution >= 0.6 is 23.2 Å². The van der Waals surface area contributed by atoms with Gasteiger partial charge in [0.05, 0.1) is 16.4 Å². The van der Waals surface area contributed by atoms with Crippen LogP contribution in [0.1, 0.15) is 5.69 Å². The highest BCUT2D eigenvalue weighted by molar-refractivity contribution is 6.35. The fourth-order valence-electron chi connectivity index (χ4n) is 2.34. The van der Waals surface area contributed by atoms with Gasteiger partial charge in [-0.1, -0.05) is 53.5 Å². The van der Waals surface area contributed by atoms with Gasteiger partial charge in [-0.05, 0) is 30.7 Å². The summed E-state index contributed by atoms with van der Waals surface area (Å²) < 4.78 is 1.65. The summed E-state index contributed by atoms with van der Waals surface area (Å²) in [6.45, 7) is 1.93. The average Bonchev–Trinajstić information content (AvgIpc) is 2.75. The van der Waals surface area contributed by atoms with E-state index in [0.717, 1.165) is 16.8 Å². The van der Waals surface area contributed by atoms with Crippen molar-refractivity contribution in [3.63, 3.8) is 0 Å². The fraction of sp³-hybridized carbons (Fsp3) is 0.0625. The fourth-order valence-corrected chi connectivity index (χ4v) is 2.83. The van der Waals surface area contributed by atoms with Crippen molar-refractivity contribution in [1.29, 1.82) is 0 Å². The maximum absolute atomic E-state index is 6.28. The summed E-state index contributed by atoms with van der Waals surface area (Å²) in [6.07, 6.45) is 0. The lowest BCUT2D eigenvalue weighted by Crippen LogP contribution is -2.03. The van der Waals surface area contributed by atoms with E-state index < -0.39 is 0 Å². The summed E-state index contributed by atoms with van der Waals surface area (Å²) in [5.74, 6) is 0.558. The number of nitrogen functional groups attached to an aromatic ring is 1. The lowest BCUT2D eigenvalue weighted by molar-refractivity contribution is 0.872. The first-order valence-corrected chi connectivity index (χ1v) is 7.19. The van der Waals surface area contributed by atoms with Crippen molar-refractivity contribution < 1.29 is 0 Å². The Labute approximate surface area is 132 Å². The van der Waals surface area contributed by atoms with Gasteiger partial charge in [-0.2, -0.15) is 5.10 Å². The SMILES string of the molecule is Cc1nn(-c2ccc(Cl)cc2Cl)c(N)c1-c1ccccc1. The van der Waals surface area contributed by atoms with Gasteiger partial charge in [0.15, 0.2) is 0 Å². The van der Waals surface area contributed by atoms with E-state index in [0.29, 0.717) is 21.6 Å². The molecule has 5 heteroatoms. The Morgan fingerprint density at radius 1 is 1.05 bits per heavy atom. The summed E-state index contributed by atoms with van der Waals surface area (Å²) in [5.41, 5.74) is 9.80. The predicted octanol–water partition coefficient (Wildman–Crippen LogP) is 4.74. The van der Waals surface area contributed by atoms with E-state index in [1.807, 2.05) is 43.3 Å². The molecule has 0 atom stereocenters. The molecule has 21 heavy (non-hydrogen) atoms. The van der Waals surface area contributed by atoms with Crippen LogP contribution in [0.3, 0.4) is 0 Å². The third-order valence-corrected chi connectivity index (χ3v) is 3.83. The van der Waals surface area contributed by atoms with E-state index in [9.17, 15) is 0 Å². The maximum Gasteiger partial charge on any atom is 0.135 e. The average molecular weight is 318 g/mol. The van der Waals surface area contributed by atoms with Gasteiger partial charge >= 0.3 is 0 Å². The van der Waals surface area contributed by atoms with Crippen molar-refractivity contribution in [3.05, 3.63) is 64.3 Å². The first kappa shape index (κ1) is 14.0. The lowest BCUT2D eigenvalue weighted by atomic mass is 10.1. The molecular formula is C16H13Cl2N3. The molecule has 0 spiro atoms. The quantitative estimate of drug-likeness (QED) is 0.742. The summed E-state index contributed by atoms with van der Waals surface area (Å²) in [7, 11) is 0. The van der Waals surface area contributed by atoms with Crippen LogP contribution in [-0.4, -0.2) is 9.78 Å². The van der Waals surface area contributed by atoms with Gasteiger partial charge in [0.25, 0.3) is 0 Å². The second-order valence-corrected chi connectivity index (χ2v) is 5.56. The number of halogens is 2. The zero-order chi connectivity index (χ0) is 15.0. The minimum Gasteiger partial charge on any atom is -0.383 e. The van der Waals surface area contributed by atoms with Crippen molar-refractivity contribution >= 4 is 29.0 Å². The molecule has 0 aliphatic carbocycles. The second-order valence-electron chi connectivity index (χ2n) is 4.72. The number of benzene rings is 2. The molecule has 0 saturated heterocycles. The van der Waals surface area contributed by atoms with Crippen LogP contribution < -0.4 is 5.73 Å². The lowest BCUT2D eigenvalue weighted by Gasteiger charge is -2.07. The predicted molar refractivity (Wildman–Crippen MR) is 88.2 cm³/mol. The standard InChI is InChI=1S/C16H13Cl2N3/c1-10-15(11-5-3-2-4-6-11)16(19)21(20-10)14-8-7-12(17)9-13(14)18/h2-9H,19H2,1H3. The minimum absolute atomic E-state index is 0.510. The smallest absolute Gasteiger partial charge is 0.135 e. The Kier molecular flexibility index (Phi) is 3.62. The number of anilines is 1. The second kappa shape index (κ2) is 5.43. The van der Waals surface area contributed by atoms with E-state index in [2.05, 4.69) is 5.10 Å². The van der Waals surface area contributed by atoms with Gasteiger partial charge in [-0.15, -0.1) is 0 Å². The highest BCUT2D eigenvalue weighted by Gasteiger charge is 2.16. The van der Waals surface area contributed by atoms with Crippen LogP contribution in [0.5, 0.6) is 0 Å². The minimum atomic E-state index is 0.510. The third-order valence-electron chi connectivity index (χ3n) is 3.30. The Morgan fingerprint density at radius 2 is 1.76 bits per heavy atom. The number of hydrogen-bond acceptors (Lipinski definition) is 2. The first-order valence-electron chi connectivity index (χ1n) is 6.44. The molecule has 3 nitrogen and oxygen atoms in total. The third kappa shape index (κ3) is 2.50. The zero-order valence-electron chi connectivity index (χ0n) is 11.3. The largest absolute Gasteiger partial charge is 0.383 e. The number of aromatic nitrogens is 2. The molecule has 3 rings (SSSR count). The molecule has 0 aliphatic rings. The van der Waals surface area contributed by atoms with Crippen LogP contribution in [0.4, 0.5) is 5.82 Å². The summed E-state index contributed by atoms with van der Waals surface area (Å²) in [5, 5.41) is 5.60. The Bertz CT molecular complexity index is 795. The molecule has 106 valence electrons. The molecule has 0 saturated carbocycles. The molecule has 0 fully saturated rings. The van der Waals surface area contributed by atoms with Gasteiger partial charge in [-0.25, -0.2) is 4.68 Å². The van der Waals surface area contributed by atoms with Crippen molar-refractivity contribution in [2.75, 3.05) is 5.73 Å². The number of hydrogen-bond donors (Lipinski definition) is 1. The molecule has 0 radical (unpaired) electrons. The Balaban J connectivity index is 2.18. The highest BCUT2D eigenvalue weighted by atomic mass is 35.5. The molecule has 2 aromatic carbocycles. The molecule has 0 amide bonds. The normalized spacial score (nSPS) is 10.8. The van der Waals surface area contributed by atoms with Gasteiger partial charge in [0, 0.05) is 10.6 Å². The molecule has 2 N–H and O–H groups in total.